The monoisotopic (exact) mass is 674 g/mol. The summed E-state index contributed by atoms with van der Waals surface area (Å²) in [6.07, 6.45) is 3.30. The second-order valence-corrected chi connectivity index (χ2v) is 25.0. The molecule has 0 unspecified atom stereocenters. The van der Waals surface area contributed by atoms with Crippen LogP contribution >= 0.6 is 0 Å². The molecular formula is C41H62O4Si2. The Morgan fingerprint density at radius 2 is 1.11 bits per heavy atom. The van der Waals surface area contributed by atoms with Crippen molar-refractivity contribution in [1.82, 2.24) is 0 Å². The molecule has 3 rings (SSSR count). The molecule has 258 valence electrons. The highest BCUT2D eigenvalue weighted by Gasteiger charge is 2.50. The van der Waals surface area contributed by atoms with Gasteiger partial charge >= 0.3 is 0 Å². The van der Waals surface area contributed by atoms with Crippen molar-refractivity contribution in [2.45, 2.75) is 122 Å². The van der Waals surface area contributed by atoms with Gasteiger partial charge in [-0.3, -0.25) is 0 Å². The van der Waals surface area contributed by atoms with E-state index in [2.05, 4.69) is 135 Å². The molecule has 3 aromatic carbocycles. The van der Waals surface area contributed by atoms with Gasteiger partial charge in [0.25, 0.3) is 8.32 Å². The lowest BCUT2D eigenvalue weighted by molar-refractivity contribution is -0.00231. The van der Waals surface area contributed by atoms with Gasteiger partial charge in [-0.1, -0.05) is 172 Å². The molecule has 0 aliphatic carbocycles. The Morgan fingerprint density at radius 3 is 1.53 bits per heavy atom. The van der Waals surface area contributed by atoms with Crippen molar-refractivity contribution in [2.75, 3.05) is 6.61 Å². The highest BCUT2D eigenvalue weighted by molar-refractivity contribution is 6.99. The molecule has 0 amide bonds. The van der Waals surface area contributed by atoms with Crippen molar-refractivity contribution in [1.29, 1.82) is 0 Å². The van der Waals surface area contributed by atoms with Crippen LogP contribution in [0.15, 0.2) is 103 Å². The molecule has 6 heteroatoms. The fraction of sp³-hybridized carbons (Fsp3) is 0.512. The molecule has 2 N–H and O–H groups in total. The normalized spacial score (nSPS) is 15.8. The van der Waals surface area contributed by atoms with Crippen LogP contribution in [0.5, 0.6) is 0 Å². The first-order chi connectivity index (χ1) is 22.2. The van der Waals surface area contributed by atoms with E-state index < -0.39 is 28.8 Å². The molecule has 0 aromatic heterocycles. The Morgan fingerprint density at radius 1 is 0.660 bits per heavy atom. The van der Waals surface area contributed by atoms with Crippen LogP contribution in [0.3, 0.4) is 0 Å². The van der Waals surface area contributed by atoms with Crippen molar-refractivity contribution in [2.24, 2.45) is 5.92 Å². The maximum atomic E-state index is 11.4. The van der Waals surface area contributed by atoms with Crippen LogP contribution in [0.25, 0.3) is 0 Å². The molecule has 0 radical (unpaired) electrons. The fourth-order valence-electron chi connectivity index (χ4n) is 7.62. The third-order valence-corrected chi connectivity index (χ3v) is 21.2. The fourth-order valence-corrected chi connectivity index (χ4v) is 17.8. The lowest BCUT2D eigenvalue weighted by atomic mass is 9.99. The zero-order valence-corrected chi connectivity index (χ0v) is 32.7. The molecule has 4 nitrogen and oxygen atoms in total. The first kappa shape index (κ1) is 39.1. The number of hydrogen-bond acceptors (Lipinski definition) is 4. The van der Waals surface area contributed by atoms with Crippen LogP contribution < -0.4 is 10.4 Å². The first-order valence-electron chi connectivity index (χ1n) is 17.7. The van der Waals surface area contributed by atoms with Gasteiger partial charge in [0.2, 0.25) is 8.32 Å². The average molecular weight is 675 g/mol. The van der Waals surface area contributed by atoms with E-state index in [1.54, 1.807) is 6.08 Å². The molecule has 0 saturated carbocycles. The zero-order valence-electron chi connectivity index (χ0n) is 30.7. The quantitative estimate of drug-likeness (QED) is 0.111. The second-order valence-electron chi connectivity index (χ2n) is 15.3. The summed E-state index contributed by atoms with van der Waals surface area (Å²) >= 11 is 0. The van der Waals surface area contributed by atoms with Gasteiger partial charge < -0.3 is 19.1 Å². The van der Waals surface area contributed by atoms with E-state index in [0.29, 0.717) is 23.2 Å². The minimum absolute atomic E-state index is 0.153. The van der Waals surface area contributed by atoms with Crippen LogP contribution in [-0.4, -0.2) is 51.8 Å². The van der Waals surface area contributed by atoms with Crippen molar-refractivity contribution >= 4 is 27.0 Å². The molecule has 0 saturated heterocycles. The first-order valence-corrected chi connectivity index (χ1v) is 21.7. The van der Waals surface area contributed by atoms with E-state index in [1.807, 2.05) is 31.2 Å². The highest BCUT2D eigenvalue weighted by Crippen LogP contribution is 2.43. The molecule has 0 aliphatic rings. The van der Waals surface area contributed by atoms with Crippen LogP contribution in [0.4, 0.5) is 0 Å². The Bertz CT molecular complexity index is 1270. The third kappa shape index (κ3) is 9.43. The van der Waals surface area contributed by atoms with Gasteiger partial charge in [-0.2, -0.15) is 0 Å². The van der Waals surface area contributed by atoms with Crippen molar-refractivity contribution < 1.29 is 19.1 Å². The molecule has 4 atom stereocenters. The third-order valence-electron chi connectivity index (χ3n) is 10.1. The largest absolute Gasteiger partial charge is 0.410 e. The number of benzene rings is 3. The molecule has 0 spiro atoms. The Kier molecular flexibility index (Phi) is 14.5. The summed E-state index contributed by atoms with van der Waals surface area (Å²) in [5.41, 5.74) is 2.62. The number of hydrogen-bond donors (Lipinski definition) is 2. The van der Waals surface area contributed by atoms with Gasteiger partial charge in [0.15, 0.2) is 0 Å². The second kappa shape index (κ2) is 17.4. The predicted octanol–water partition coefficient (Wildman–Crippen LogP) is 8.67. The maximum absolute atomic E-state index is 11.4. The standard InChI is InChI=1S/C41H62O4Si2/c1-31(2)46(32(3)4,33(5)6)45-36(27-26-35-20-14-11-15-21-35)28-29-39(42)40(43)34(7)30-44-47(41(8,9)10,37-22-16-12-17-23-37)38-24-18-13-19-25-38/h11-25,28-29,31-34,36,39-40,42-43H,26-27,30H2,1-10H3/b29-28-/t34-,36+,39+,40-/m1/s1. The van der Waals surface area contributed by atoms with Crippen LogP contribution in [-0.2, 0) is 15.3 Å². The lowest BCUT2D eigenvalue weighted by Crippen LogP contribution is -2.67. The van der Waals surface area contributed by atoms with E-state index in [-0.39, 0.29) is 17.1 Å². The molecule has 0 fully saturated rings. The van der Waals surface area contributed by atoms with E-state index >= 15 is 0 Å². The number of aryl methyl sites for hydroxylation is 1. The molecule has 0 aliphatic heterocycles. The number of aliphatic hydroxyl groups excluding tert-OH is 2. The maximum Gasteiger partial charge on any atom is 0.261 e. The SMILES string of the molecule is CC(C)[Si](O[C@H](/C=C\[C@H](O)[C@H](O)[C@H](C)CO[Si](c1ccccc1)(c1ccccc1)C(C)(C)C)CCc1ccccc1)(C(C)C)C(C)C. The Labute approximate surface area is 288 Å². The number of aliphatic hydroxyl groups is 2. The molecule has 0 heterocycles. The van der Waals surface area contributed by atoms with Crippen molar-refractivity contribution in [3.63, 3.8) is 0 Å². The van der Waals surface area contributed by atoms with Crippen LogP contribution in [0.1, 0.15) is 81.2 Å². The van der Waals surface area contributed by atoms with Crippen LogP contribution in [0, 0.1) is 5.92 Å². The average Bonchev–Trinajstić information content (AvgIpc) is 3.04. The van der Waals surface area contributed by atoms with Crippen molar-refractivity contribution in [3.05, 3.63) is 109 Å². The van der Waals surface area contributed by atoms with Gasteiger partial charge in [-0.25, -0.2) is 0 Å². The van der Waals surface area contributed by atoms with Gasteiger partial charge in [0, 0.05) is 12.5 Å². The van der Waals surface area contributed by atoms with E-state index in [1.165, 1.54) is 15.9 Å². The summed E-state index contributed by atoms with van der Waals surface area (Å²) in [6, 6.07) is 31.6. The molecule has 0 bridgehead atoms. The van der Waals surface area contributed by atoms with Gasteiger partial charge in [-0.05, 0) is 50.4 Å². The minimum atomic E-state index is -2.76. The van der Waals surface area contributed by atoms with Gasteiger partial charge in [0.1, 0.15) is 0 Å². The summed E-state index contributed by atoms with van der Waals surface area (Å²) in [5, 5.41) is 25.0. The highest BCUT2D eigenvalue weighted by atomic mass is 28.4. The summed E-state index contributed by atoms with van der Waals surface area (Å²) in [7, 11) is -4.93. The van der Waals surface area contributed by atoms with Crippen LogP contribution in [0.2, 0.25) is 21.7 Å². The molecule has 3 aromatic rings. The van der Waals surface area contributed by atoms with Crippen molar-refractivity contribution in [3.8, 4) is 0 Å². The molecular weight excluding hydrogens is 613 g/mol. The zero-order chi connectivity index (χ0) is 34.8. The lowest BCUT2D eigenvalue weighted by Gasteiger charge is -2.44. The summed E-state index contributed by atoms with van der Waals surface area (Å²) < 4.78 is 14.3. The molecule has 47 heavy (non-hydrogen) atoms. The predicted molar refractivity (Wildman–Crippen MR) is 205 cm³/mol. The van der Waals surface area contributed by atoms with Gasteiger partial charge in [0.05, 0.1) is 18.3 Å². The summed E-state index contributed by atoms with van der Waals surface area (Å²) in [5.74, 6) is -0.296. The topological polar surface area (TPSA) is 58.9 Å². The summed E-state index contributed by atoms with van der Waals surface area (Å²) in [4.78, 5) is 0. The van der Waals surface area contributed by atoms with E-state index in [4.69, 9.17) is 8.85 Å². The number of rotatable bonds is 17. The Hall–Kier alpha value is -2.33. The minimum Gasteiger partial charge on any atom is -0.410 e. The van der Waals surface area contributed by atoms with E-state index in [9.17, 15) is 10.2 Å². The van der Waals surface area contributed by atoms with Gasteiger partial charge in [-0.15, -0.1) is 0 Å². The smallest absolute Gasteiger partial charge is 0.261 e. The van der Waals surface area contributed by atoms with E-state index in [0.717, 1.165) is 12.8 Å². The Balaban J connectivity index is 1.85. The summed E-state index contributed by atoms with van der Waals surface area (Å²) in [6.45, 7) is 22.9.